The molecule has 2 aromatic carbocycles. The molecule has 0 aliphatic carbocycles. The van der Waals surface area contributed by atoms with Crippen LogP contribution in [0.4, 0.5) is 11.4 Å². The third-order valence-electron chi connectivity index (χ3n) is 4.78. The summed E-state index contributed by atoms with van der Waals surface area (Å²) in [6.45, 7) is 3.61. The van der Waals surface area contributed by atoms with Crippen molar-refractivity contribution in [3.05, 3.63) is 69.8 Å². The Morgan fingerprint density at radius 2 is 1.93 bits per heavy atom. The lowest BCUT2D eigenvalue weighted by Gasteiger charge is -2.31. The Morgan fingerprint density at radius 1 is 1.21 bits per heavy atom. The Kier molecular flexibility index (Phi) is 6.57. The molecule has 0 aromatic heterocycles. The summed E-state index contributed by atoms with van der Waals surface area (Å²) in [5, 5.41) is 17.1. The van der Waals surface area contributed by atoms with Crippen LogP contribution in [0.2, 0.25) is 0 Å². The summed E-state index contributed by atoms with van der Waals surface area (Å²) in [7, 11) is 1.61. The van der Waals surface area contributed by atoms with Crippen molar-refractivity contribution in [1.82, 2.24) is 10.2 Å². The molecule has 0 unspecified atom stereocenters. The van der Waals surface area contributed by atoms with Crippen LogP contribution in [0.1, 0.15) is 22.0 Å². The number of anilines is 1. The van der Waals surface area contributed by atoms with Crippen LogP contribution in [-0.4, -0.2) is 55.6 Å². The van der Waals surface area contributed by atoms with Gasteiger partial charge in [-0.15, -0.1) is 0 Å². The van der Waals surface area contributed by atoms with Gasteiger partial charge in [-0.3, -0.25) is 19.8 Å². The van der Waals surface area contributed by atoms with E-state index in [0.29, 0.717) is 25.4 Å². The molecule has 0 spiro atoms. The number of hydrogen-bond donors (Lipinski definition) is 2. The van der Waals surface area contributed by atoms with E-state index in [1.807, 2.05) is 30.3 Å². The van der Waals surface area contributed by atoms with Gasteiger partial charge in [-0.25, -0.2) is 0 Å². The van der Waals surface area contributed by atoms with Crippen molar-refractivity contribution < 1.29 is 14.5 Å². The summed E-state index contributed by atoms with van der Waals surface area (Å²) in [6, 6.07) is 13.9. The Balaban J connectivity index is 1.80. The quantitative estimate of drug-likeness (QED) is 0.562. The summed E-state index contributed by atoms with van der Waals surface area (Å²) in [5.41, 5.74) is 1.49. The largest absolute Gasteiger partial charge is 0.383 e. The zero-order valence-electron chi connectivity index (χ0n) is 15.8. The first kappa shape index (κ1) is 19.8. The van der Waals surface area contributed by atoms with E-state index in [9.17, 15) is 14.9 Å². The number of nitrogens with zero attached hydrogens (tertiary/aromatic N) is 2. The van der Waals surface area contributed by atoms with E-state index in [1.165, 1.54) is 6.07 Å². The SMILES string of the molecule is CNc1ccc(C(=O)N[C@H](CN2CCOCC2)c2ccccc2)cc1[N+](=O)[O-]. The van der Waals surface area contributed by atoms with Crippen molar-refractivity contribution in [2.24, 2.45) is 0 Å². The van der Waals surface area contributed by atoms with Gasteiger partial charge in [0.25, 0.3) is 11.6 Å². The molecule has 1 aliphatic rings. The monoisotopic (exact) mass is 384 g/mol. The number of rotatable bonds is 7. The molecule has 2 aromatic rings. The lowest BCUT2D eigenvalue weighted by Crippen LogP contribution is -2.43. The standard InChI is InChI=1S/C20H24N4O4/c1-21-17-8-7-16(13-19(17)24(26)27)20(25)22-18(15-5-3-2-4-6-15)14-23-9-11-28-12-10-23/h2-8,13,18,21H,9-12,14H2,1H3,(H,22,25)/t18-/m1/s1. The fourth-order valence-electron chi connectivity index (χ4n) is 3.24. The van der Waals surface area contributed by atoms with Crippen molar-refractivity contribution in [2.75, 3.05) is 45.2 Å². The summed E-state index contributed by atoms with van der Waals surface area (Å²) in [5.74, 6) is -0.340. The van der Waals surface area contributed by atoms with Crippen LogP contribution in [0.5, 0.6) is 0 Å². The van der Waals surface area contributed by atoms with Crippen molar-refractivity contribution in [1.29, 1.82) is 0 Å². The normalized spacial score (nSPS) is 15.6. The average Bonchev–Trinajstić information content (AvgIpc) is 2.74. The van der Waals surface area contributed by atoms with Gasteiger partial charge in [0.2, 0.25) is 0 Å². The highest BCUT2D eigenvalue weighted by Crippen LogP contribution is 2.25. The van der Waals surface area contributed by atoms with E-state index >= 15 is 0 Å². The van der Waals surface area contributed by atoms with E-state index in [0.717, 1.165) is 18.7 Å². The molecule has 2 N–H and O–H groups in total. The second-order valence-corrected chi connectivity index (χ2v) is 6.59. The van der Waals surface area contributed by atoms with Gasteiger partial charge in [0.1, 0.15) is 5.69 Å². The molecule has 0 saturated carbocycles. The first-order chi connectivity index (χ1) is 13.6. The zero-order chi connectivity index (χ0) is 19.9. The second kappa shape index (κ2) is 9.29. The molecule has 1 heterocycles. The molecule has 1 aliphatic heterocycles. The summed E-state index contributed by atoms with van der Waals surface area (Å²) < 4.78 is 5.40. The van der Waals surface area contributed by atoms with Crippen LogP contribution < -0.4 is 10.6 Å². The van der Waals surface area contributed by atoms with Gasteiger partial charge < -0.3 is 15.4 Å². The first-order valence-corrected chi connectivity index (χ1v) is 9.20. The van der Waals surface area contributed by atoms with Crippen molar-refractivity contribution in [2.45, 2.75) is 6.04 Å². The van der Waals surface area contributed by atoms with E-state index < -0.39 is 4.92 Å². The molecule has 8 heteroatoms. The highest BCUT2D eigenvalue weighted by atomic mass is 16.6. The van der Waals surface area contributed by atoms with Gasteiger partial charge in [0, 0.05) is 38.3 Å². The van der Waals surface area contributed by atoms with Gasteiger partial charge in [-0.1, -0.05) is 30.3 Å². The van der Waals surface area contributed by atoms with Gasteiger partial charge in [-0.2, -0.15) is 0 Å². The minimum Gasteiger partial charge on any atom is -0.383 e. The smallest absolute Gasteiger partial charge is 0.293 e. The molecule has 0 bridgehead atoms. The number of nitrogens with one attached hydrogen (secondary N) is 2. The number of ether oxygens (including phenoxy) is 1. The molecule has 3 rings (SSSR count). The highest BCUT2D eigenvalue weighted by molar-refractivity contribution is 5.96. The summed E-state index contributed by atoms with van der Waals surface area (Å²) in [4.78, 5) is 25.9. The Labute approximate surface area is 163 Å². The molecular formula is C20H24N4O4. The fraction of sp³-hybridized carbons (Fsp3) is 0.350. The Bertz CT molecular complexity index is 822. The lowest BCUT2D eigenvalue weighted by molar-refractivity contribution is -0.384. The number of hydrogen-bond acceptors (Lipinski definition) is 6. The summed E-state index contributed by atoms with van der Waals surface area (Å²) in [6.07, 6.45) is 0. The lowest BCUT2D eigenvalue weighted by atomic mass is 10.0. The number of carbonyl (C=O) groups is 1. The number of morpholine rings is 1. The number of nitro benzene ring substituents is 1. The van der Waals surface area contributed by atoms with E-state index in [1.54, 1.807) is 19.2 Å². The van der Waals surface area contributed by atoms with Crippen molar-refractivity contribution >= 4 is 17.3 Å². The molecular weight excluding hydrogens is 360 g/mol. The van der Waals surface area contributed by atoms with Gasteiger partial charge in [0.05, 0.1) is 24.2 Å². The van der Waals surface area contributed by atoms with Crippen LogP contribution in [0.3, 0.4) is 0 Å². The zero-order valence-corrected chi connectivity index (χ0v) is 15.8. The maximum absolute atomic E-state index is 12.8. The maximum Gasteiger partial charge on any atom is 0.293 e. The van der Waals surface area contributed by atoms with Crippen LogP contribution >= 0.6 is 0 Å². The van der Waals surface area contributed by atoms with Crippen LogP contribution in [0.15, 0.2) is 48.5 Å². The number of nitro groups is 1. The molecule has 28 heavy (non-hydrogen) atoms. The van der Waals surface area contributed by atoms with E-state index in [-0.39, 0.29) is 23.2 Å². The molecule has 8 nitrogen and oxygen atoms in total. The predicted octanol–water partition coefficient (Wildman–Crippen LogP) is 2.44. The van der Waals surface area contributed by atoms with Crippen molar-refractivity contribution in [3.8, 4) is 0 Å². The molecule has 1 saturated heterocycles. The Morgan fingerprint density at radius 3 is 2.57 bits per heavy atom. The third kappa shape index (κ3) is 4.85. The van der Waals surface area contributed by atoms with Crippen molar-refractivity contribution in [3.63, 3.8) is 0 Å². The second-order valence-electron chi connectivity index (χ2n) is 6.59. The van der Waals surface area contributed by atoms with Gasteiger partial charge in [0.15, 0.2) is 0 Å². The number of amides is 1. The Hall–Kier alpha value is -2.97. The summed E-state index contributed by atoms with van der Waals surface area (Å²) >= 11 is 0. The molecule has 148 valence electrons. The third-order valence-corrected chi connectivity index (χ3v) is 4.78. The minimum atomic E-state index is -0.495. The highest BCUT2D eigenvalue weighted by Gasteiger charge is 2.22. The van der Waals surface area contributed by atoms with Crippen LogP contribution in [-0.2, 0) is 4.74 Å². The predicted molar refractivity (Wildman–Crippen MR) is 107 cm³/mol. The fourth-order valence-corrected chi connectivity index (χ4v) is 3.24. The average molecular weight is 384 g/mol. The van der Waals surface area contributed by atoms with Crippen LogP contribution in [0.25, 0.3) is 0 Å². The molecule has 0 radical (unpaired) electrons. The van der Waals surface area contributed by atoms with E-state index in [2.05, 4.69) is 15.5 Å². The molecule has 1 atom stereocenters. The maximum atomic E-state index is 12.8. The van der Waals surface area contributed by atoms with E-state index in [4.69, 9.17) is 4.74 Å². The van der Waals surface area contributed by atoms with Gasteiger partial charge in [-0.05, 0) is 17.7 Å². The van der Waals surface area contributed by atoms with Crippen LogP contribution in [0, 0.1) is 10.1 Å². The molecule has 1 amide bonds. The van der Waals surface area contributed by atoms with Gasteiger partial charge >= 0.3 is 0 Å². The number of benzene rings is 2. The molecule has 1 fully saturated rings. The first-order valence-electron chi connectivity index (χ1n) is 9.20. The minimum absolute atomic E-state index is 0.125. The number of carbonyl (C=O) groups excluding carboxylic acids is 1. The topological polar surface area (TPSA) is 96.7 Å².